The van der Waals surface area contributed by atoms with Crippen molar-refractivity contribution in [2.24, 2.45) is 5.41 Å². The lowest BCUT2D eigenvalue weighted by molar-refractivity contribution is 0.0592. The zero-order valence-corrected chi connectivity index (χ0v) is 33.1. The molecule has 4 amide bonds. The van der Waals surface area contributed by atoms with Gasteiger partial charge in [-0.1, -0.05) is 142 Å². The van der Waals surface area contributed by atoms with Gasteiger partial charge in [-0.25, -0.2) is 0 Å². The number of benzene rings is 5. The fourth-order valence-corrected chi connectivity index (χ4v) is 9.16. The molecule has 5 aromatic rings. The molecule has 0 aliphatic carbocycles. The molecule has 0 aromatic heterocycles. The number of carbonyl (C=O) groups is 4. The quantitative estimate of drug-likeness (QED) is 0.0367. The first kappa shape index (κ1) is 38.0. The molecular weight excluding hydrogens is 669 g/mol. The van der Waals surface area contributed by atoms with Crippen LogP contribution in [0.5, 0.6) is 0 Å². The molecule has 54 heavy (non-hydrogen) atoms. The van der Waals surface area contributed by atoms with Crippen molar-refractivity contribution in [2.45, 2.75) is 137 Å². The molecule has 0 bridgehead atoms. The summed E-state index contributed by atoms with van der Waals surface area (Å²) in [7, 11) is 0. The van der Waals surface area contributed by atoms with Crippen molar-refractivity contribution in [1.29, 1.82) is 0 Å². The molecule has 0 spiro atoms. The maximum atomic E-state index is 13.9. The Balaban J connectivity index is 1.08. The molecule has 0 radical (unpaired) electrons. The zero-order valence-electron chi connectivity index (χ0n) is 33.1. The van der Waals surface area contributed by atoms with Crippen LogP contribution in [0.4, 0.5) is 0 Å². The van der Waals surface area contributed by atoms with Gasteiger partial charge >= 0.3 is 0 Å². The highest BCUT2D eigenvalue weighted by Gasteiger charge is 2.36. The van der Waals surface area contributed by atoms with Crippen LogP contribution in [-0.4, -0.2) is 46.5 Å². The molecule has 6 nitrogen and oxygen atoms in total. The Hall–Kier alpha value is -4.32. The van der Waals surface area contributed by atoms with Crippen molar-refractivity contribution >= 4 is 66.7 Å². The normalized spacial score (nSPS) is 14.7. The zero-order chi connectivity index (χ0) is 38.0. The third kappa shape index (κ3) is 7.25. The fourth-order valence-electron chi connectivity index (χ4n) is 9.16. The van der Waals surface area contributed by atoms with E-state index in [4.69, 9.17) is 0 Å². The summed E-state index contributed by atoms with van der Waals surface area (Å²) in [5, 5.41) is 6.91. The summed E-state index contributed by atoms with van der Waals surface area (Å²) in [6.45, 7) is 9.88. The smallest absolute Gasteiger partial charge is 0.261 e. The first-order valence-corrected chi connectivity index (χ1v) is 21.0. The highest BCUT2D eigenvalue weighted by atomic mass is 16.2. The van der Waals surface area contributed by atoms with E-state index in [0.29, 0.717) is 51.5 Å². The molecule has 5 aromatic carbocycles. The number of hydrogen-bond acceptors (Lipinski definition) is 4. The maximum Gasteiger partial charge on any atom is 0.261 e. The van der Waals surface area contributed by atoms with Gasteiger partial charge in [-0.05, 0) is 81.3 Å². The van der Waals surface area contributed by atoms with Crippen LogP contribution in [-0.2, 0) is 0 Å². The first-order valence-electron chi connectivity index (χ1n) is 21.0. The fraction of sp³-hybridized carbons (Fsp3) is 0.500. The molecular formula is C48H58N2O4. The van der Waals surface area contributed by atoms with E-state index >= 15 is 0 Å². The highest BCUT2D eigenvalue weighted by Crippen LogP contribution is 2.46. The summed E-state index contributed by atoms with van der Waals surface area (Å²) in [5.41, 5.74) is 2.57. The lowest BCUT2D eigenvalue weighted by Gasteiger charge is -2.30. The van der Waals surface area contributed by atoms with Gasteiger partial charge in [0.05, 0.1) is 0 Å². The van der Waals surface area contributed by atoms with E-state index in [9.17, 15) is 19.2 Å². The summed E-state index contributed by atoms with van der Waals surface area (Å²) in [5.74, 6) is -0.903. The molecule has 2 heterocycles. The van der Waals surface area contributed by atoms with Gasteiger partial charge in [0, 0.05) is 46.1 Å². The second-order valence-electron chi connectivity index (χ2n) is 17.3. The maximum absolute atomic E-state index is 13.9. The van der Waals surface area contributed by atoms with Crippen molar-refractivity contribution in [1.82, 2.24) is 9.80 Å². The minimum atomic E-state index is -0.230. The van der Waals surface area contributed by atoms with Gasteiger partial charge in [0.15, 0.2) is 0 Å². The standard InChI is InChI=1S/C48H58N2O4/c1-5-6-7-8-9-10-11-12-13-14-16-19-30-49-44(51)36-25-21-32-34-23-27-38-43-39(47(54)50(46(38)53)31-20-17-15-18-29-48(2,3)4)28-24-35(41(34)43)33-22-26-37(45(49)52)42(36)40(32)33/h21-28H,5-20,29-31H2,1-4H3. The van der Waals surface area contributed by atoms with Gasteiger partial charge in [-0.15, -0.1) is 0 Å². The van der Waals surface area contributed by atoms with E-state index in [1.54, 1.807) is 0 Å². The van der Waals surface area contributed by atoms with Gasteiger partial charge in [0.25, 0.3) is 23.6 Å². The number of hydrogen-bond donors (Lipinski definition) is 0. The van der Waals surface area contributed by atoms with E-state index in [1.807, 2.05) is 48.5 Å². The van der Waals surface area contributed by atoms with Crippen molar-refractivity contribution in [2.75, 3.05) is 13.1 Å². The molecule has 0 unspecified atom stereocenters. The van der Waals surface area contributed by atoms with Crippen LogP contribution >= 0.6 is 0 Å². The van der Waals surface area contributed by atoms with Crippen LogP contribution < -0.4 is 0 Å². The lowest BCUT2D eigenvalue weighted by atomic mass is 9.82. The second-order valence-corrected chi connectivity index (χ2v) is 17.3. The van der Waals surface area contributed by atoms with E-state index in [1.165, 1.54) is 74.0 Å². The Morgan fingerprint density at radius 2 is 0.685 bits per heavy atom. The lowest BCUT2D eigenvalue weighted by Crippen LogP contribution is -2.41. The molecule has 0 N–H and O–H groups in total. The summed E-state index contributed by atoms with van der Waals surface area (Å²) in [6.07, 6.45) is 20.0. The third-order valence-corrected chi connectivity index (χ3v) is 12.1. The van der Waals surface area contributed by atoms with Crippen molar-refractivity contribution in [3.05, 3.63) is 70.8 Å². The number of carbonyl (C=O) groups excluding carboxylic acids is 4. The minimum Gasteiger partial charge on any atom is -0.274 e. The number of nitrogens with zero attached hydrogens (tertiary/aromatic N) is 2. The molecule has 284 valence electrons. The van der Waals surface area contributed by atoms with Crippen LogP contribution in [0.1, 0.15) is 178 Å². The Bertz CT molecular complexity index is 2090. The average molecular weight is 727 g/mol. The van der Waals surface area contributed by atoms with E-state index in [2.05, 4.69) is 27.7 Å². The molecule has 6 heteroatoms. The minimum absolute atomic E-state index is 0.221. The number of rotatable bonds is 19. The van der Waals surface area contributed by atoms with E-state index < -0.39 is 0 Å². The van der Waals surface area contributed by atoms with Gasteiger partial charge in [0.2, 0.25) is 0 Å². The Morgan fingerprint density at radius 3 is 1.00 bits per heavy atom. The van der Waals surface area contributed by atoms with Crippen LogP contribution in [0.15, 0.2) is 48.5 Å². The third-order valence-electron chi connectivity index (χ3n) is 12.1. The van der Waals surface area contributed by atoms with Gasteiger partial charge in [0.1, 0.15) is 0 Å². The van der Waals surface area contributed by atoms with Crippen LogP contribution in [0, 0.1) is 5.41 Å². The first-order chi connectivity index (χ1) is 26.1. The predicted octanol–water partition coefficient (Wildman–Crippen LogP) is 12.6. The molecule has 0 saturated heterocycles. The number of fused-ring (bicyclic) bond motifs is 2. The second kappa shape index (κ2) is 16.2. The molecule has 0 fully saturated rings. The van der Waals surface area contributed by atoms with Crippen LogP contribution in [0.2, 0.25) is 0 Å². The predicted molar refractivity (Wildman–Crippen MR) is 222 cm³/mol. The summed E-state index contributed by atoms with van der Waals surface area (Å²) < 4.78 is 0. The Kier molecular flexibility index (Phi) is 11.4. The van der Waals surface area contributed by atoms with Crippen molar-refractivity contribution < 1.29 is 19.2 Å². The SMILES string of the molecule is CCCCCCCCCCCCCCN1C(=O)c2ccc3c4ccc5c6c(ccc(c7ccc(c2c37)C1=O)c64)C(=O)N(CCCCCCC(C)(C)C)C5=O. The summed E-state index contributed by atoms with van der Waals surface area (Å²) in [6, 6.07) is 15.4. The van der Waals surface area contributed by atoms with E-state index in [-0.39, 0.29) is 23.6 Å². The van der Waals surface area contributed by atoms with Crippen LogP contribution in [0.25, 0.3) is 43.1 Å². The Morgan fingerprint density at radius 1 is 0.389 bits per heavy atom. The largest absolute Gasteiger partial charge is 0.274 e. The topological polar surface area (TPSA) is 74.8 Å². The van der Waals surface area contributed by atoms with Crippen molar-refractivity contribution in [3.63, 3.8) is 0 Å². The summed E-state index contributed by atoms with van der Waals surface area (Å²) >= 11 is 0. The molecule has 2 aliphatic heterocycles. The molecule has 0 saturated carbocycles. The van der Waals surface area contributed by atoms with Gasteiger partial charge in [-0.3, -0.25) is 29.0 Å². The summed E-state index contributed by atoms with van der Waals surface area (Å²) in [4.78, 5) is 58.6. The van der Waals surface area contributed by atoms with Gasteiger partial charge in [-0.2, -0.15) is 0 Å². The Labute approximate surface area is 321 Å². The molecule has 7 rings (SSSR count). The highest BCUT2D eigenvalue weighted by molar-refractivity contribution is 6.41. The number of amides is 4. The van der Waals surface area contributed by atoms with Gasteiger partial charge < -0.3 is 0 Å². The van der Waals surface area contributed by atoms with E-state index in [0.717, 1.165) is 77.3 Å². The monoisotopic (exact) mass is 726 g/mol. The number of unbranched alkanes of at least 4 members (excludes halogenated alkanes) is 14. The molecule has 0 atom stereocenters. The average Bonchev–Trinajstić information content (AvgIpc) is 3.15. The van der Waals surface area contributed by atoms with Crippen molar-refractivity contribution in [3.8, 4) is 0 Å². The van der Waals surface area contributed by atoms with Crippen LogP contribution in [0.3, 0.4) is 0 Å². The number of imide groups is 2. The molecule has 2 aliphatic rings.